The van der Waals surface area contributed by atoms with Crippen molar-refractivity contribution in [2.24, 2.45) is 0 Å². The van der Waals surface area contributed by atoms with Gasteiger partial charge in [0.1, 0.15) is 11.9 Å². The van der Waals surface area contributed by atoms with Crippen LogP contribution in [-0.2, 0) is 4.79 Å². The van der Waals surface area contributed by atoms with Crippen LogP contribution in [0.25, 0.3) is 0 Å². The lowest BCUT2D eigenvalue weighted by atomic mass is 9.80. The number of carbonyl (C=O) groups excluding carboxylic acids is 1. The average molecular weight is 381 g/mol. The van der Waals surface area contributed by atoms with Crippen molar-refractivity contribution >= 4 is 29.0 Å². The predicted molar refractivity (Wildman–Crippen MR) is 101 cm³/mol. The van der Waals surface area contributed by atoms with Gasteiger partial charge < -0.3 is 11.1 Å². The van der Waals surface area contributed by atoms with Crippen molar-refractivity contribution in [1.29, 1.82) is 0 Å². The van der Waals surface area contributed by atoms with Crippen molar-refractivity contribution in [2.75, 3.05) is 11.1 Å². The predicted octanol–water partition coefficient (Wildman–Crippen LogP) is 3.48. The Morgan fingerprint density at radius 3 is 2.93 bits per heavy atom. The van der Waals surface area contributed by atoms with Crippen LogP contribution in [0.4, 0.5) is 16.3 Å². The van der Waals surface area contributed by atoms with Crippen LogP contribution in [0.3, 0.4) is 0 Å². The van der Waals surface area contributed by atoms with Crippen LogP contribution in [0.15, 0.2) is 53.0 Å². The Balaban J connectivity index is 1.65. The van der Waals surface area contributed by atoms with Crippen LogP contribution in [-0.4, -0.2) is 20.5 Å². The highest BCUT2D eigenvalue weighted by atomic mass is 32.1. The van der Waals surface area contributed by atoms with Gasteiger partial charge in [0, 0.05) is 28.5 Å². The summed E-state index contributed by atoms with van der Waals surface area (Å²) in [6, 6.07) is 9.76. The Morgan fingerprint density at radius 1 is 1.26 bits per heavy atom. The molecular weight excluding hydrogens is 365 g/mol. The number of nitrogens with two attached hydrogens (primary N) is 1. The Hall–Kier alpha value is -3.00. The smallest absolute Gasteiger partial charge is 0.241 e. The first-order chi connectivity index (χ1) is 13.1. The Kier molecular flexibility index (Phi) is 3.61. The summed E-state index contributed by atoms with van der Waals surface area (Å²) < 4.78 is 15.5. The number of ketones is 1. The van der Waals surface area contributed by atoms with Crippen molar-refractivity contribution in [3.63, 3.8) is 0 Å². The Bertz CT molecular complexity index is 1070. The molecule has 136 valence electrons. The number of halogens is 1. The van der Waals surface area contributed by atoms with Crippen LogP contribution in [0.1, 0.15) is 35.2 Å². The van der Waals surface area contributed by atoms with Crippen LogP contribution in [0.5, 0.6) is 0 Å². The Morgan fingerprint density at radius 2 is 2.15 bits per heavy atom. The molecule has 8 heteroatoms. The molecule has 0 radical (unpaired) electrons. The van der Waals surface area contributed by atoms with Gasteiger partial charge in [0.15, 0.2) is 5.78 Å². The lowest BCUT2D eigenvalue weighted by Crippen LogP contribution is -2.33. The first-order valence-corrected chi connectivity index (χ1v) is 9.52. The third kappa shape index (κ3) is 2.64. The number of anilines is 2. The van der Waals surface area contributed by atoms with E-state index in [9.17, 15) is 9.18 Å². The summed E-state index contributed by atoms with van der Waals surface area (Å²) in [5.41, 5.74) is 7.88. The topological polar surface area (TPSA) is 85.8 Å². The fourth-order valence-corrected chi connectivity index (χ4v) is 4.77. The molecule has 0 spiro atoms. The van der Waals surface area contributed by atoms with E-state index in [1.54, 1.807) is 28.2 Å². The molecule has 0 amide bonds. The summed E-state index contributed by atoms with van der Waals surface area (Å²) in [5.74, 6) is 0.392. The molecule has 0 saturated heterocycles. The number of rotatable bonds is 2. The van der Waals surface area contributed by atoms with E-state index < -0.39 is 6.04 Å². The summed E-state index contributed by atoms with van der Waals surface area (Å²) in [5, 5.41) is 9.50. The van der Waals surface area contributed by atoms with Crippen LogP contribution in [0.2, 0.25) is 0 Å². The van der Waals surface area contributed by atoms with Crippen LogP contribution >= 0.6 is 11.3 Å². The minimum Gasteiger partial charge on any atom is -0.366 e. The van der Waals surface area contributed by atoms with Gasteiger partial charge >= 0.3 is 0 Å². The van der Waals surface area contributed by atoms with Gasteiger partial charge in [0.25, 0.3) is 0 Å². The molecule has 6 nitrogen and oxygen atoms in total. The van der Waals surface area contributed by atoms with Gasteiger partial charge in [-0.2, -0.15) is 4.98 Å². The molecule has 1 aromatic carbocycles. The molecule has 0 unspecified atom stereocenters. The quantitative estimate of drug-likeness (QED) is 0.710. The molecule has 3 N–H and O–H groups in total. The molecule has 27 heavy (non-hydrogen) atoms. The number of nitrogens with zero attached hydrogens (tertiary/aromatic N) is 3. The Labute approximate surface area is 158 Å². The van der Waals surface area contributed by atoms with E-state index in [0.717, 1.165) is 5.70 Å². The molecule has 5 rings (SSSR count). The molecule has 2 aromatic heterocycles. The first kappa shape index (κ1) is 16.2. The summed E-state index contributed by atoms with van der Waals surface area (Å²) >= 11 is 1.65. The SMILES string of the molecule is Nc1nc2n(n1)[C@H](c1cccc(F)c1)C1=C(C[C@H](c3cccs3)CC1=O)N2. The molecule has 3 aromatic rings. The van der Waals surface area contributed by atoms with Crippen LogP contribution < -0.4 is 11.1 Å². The van der Waals surface area contributed by atoms with Gasteiger partial charge in [-0.05, 0) is 35.6 Å². The van der Waals surface area contributed by atoms with E-state index in [1.807, 2.05) is 11.4 Å². The second-order valence-corrected chi connectivity index (χ2v) is 7.74. The van der Waals surface area contributed by atoms with Crippen molar-refractivity contribution in [3.8, 4) is 0 Å². The van der Waals surface area contributed by atoms with Crippen molar-refractivity contribution in [2.45, 2.75) is 24.8 Å². The molecule has 2 aliphatic rings. The zero-order valence-electron chi connectivity index (χ0n) is 14.2. The minimum absolute atomic E-state index is 0.0381. The normalized spacial score (nSPS) is 21.6. The first-order valence-electron chi connectivity index (χ1n) is 8.64. The highest BCUT2D eigenvalue weighted by molar-refractivity contribution is 7.10. The monoisotopic (exact) mass is 381 g/mol. The third-order valence-corrected chi connectivity index (χ3v) is 6.08. The second kappa shape index (κ2) is 6.02. The number of nitrogens with one attached hydrogen (secondary N) is 1. The van der Waals surface area contributed by atoms with Gasteiger partial charge in [-0.1, -0.05) is 18.2 Å². The van der Waals surface area contributed by atoms with E-state index in [0.29, 0.717) is 29.9 Å². The standard InChI is InChI=1S/C19H16FN5OS/c20-12-4-1-3-10(7-12)17-16-13(22-19-23-18(21)24-25(17)19)8-11(9-14(16)26)15-5-2-6-27-15/h1-7,11,17H,8-9H2,(H3,21,22,23,24)/t11-,17+/m0/s1. The molecule has 0 bridgehead atoms. The summed E-state index contributed by atoms with van der Waals surface area (Å²) in [6.07, 6.45) is 1.12. The average Bonchev–Trinajstić information content (AvgIpc) is 3.28. The van der Waals surface area contributed by atoms with E-state index in [4.69, 9.17) is 5.73 Å². The molecule has 2 atom stereocenters. The molecule has 0 saturated carbocycles. The van der Waals surface area contributed by atoms with Crippen molar-refractivity contribution < 1.29 is 9.18 Å². The summed E-state index contributed by atoms with van der Waals surface area (Å²) in [6.45, 7) is 0. The maximum absolute atomic E-state index is 13.9. The number of hydrogen-bond acceptors (Lipinski definition) is 6. The maximum atomic E-state index is 13.9. The summed E-state index contributed by atoms with van der Waals surface area (Å²) in [7, 11) is 0. The lowest BCUT2D eigenvalue weighted by Gasteiger charge is -2.34. The zero-order chi connectivity index (χ0) is 18.5. The second-order valence-electron chi connectivity index (χ2n) is 6.76. The lowest BCUT2D eigenvalue weighted by molar-refractivity contribution is -0.116. The van der Waals surface area contributed by atoms with Gasteiger partial charge in [-0.3, -0.25) is 4.79 Å². The number of thiophene rings is 1. The largest absolute Gasteiger partial charge is 0.366 e. The highest BCUT2D eigenvalue weighted by Crippen LogP contribution is 2.44. The number of benzene rings is 1. The van der Waals surface area contributed by atoms with Gasteiger partial charge in [-0.25, -0.2) is 9.07 Å². The zero-order valence-corrected chi connectivity index (χ0v) is 15.0. The van der Waals surface area contributed by atoms with Gasteiger partial charge in [-0.15, -0.1) is 16.4 Å². The minimum atomic E-state index is -0.534. The number of carbonyl (C=O) groups is 1. The van der Waals surface area contributed by atoms with E-state index in [2.05, 4.69) is 21.5 Å². The fraction of sp³-hybridized carbons (Fsp3) is 0.211. The van der Waals surface area contributed by atoms with Crippen molar-refractivity contribution in [3.05, 3.63) is 69.3 Å². The molecule has 3 heterocycles. The molecular formula is C19H16FN5OS. The number of fused-ring (bicyclic) bond motifs is 1. The van der Waals surface area contributed by atoms with Gasteiger partial charge in [0.05, 0.1) is 0 Å². The number of Topliss-reactive ketones (excluding diaryl/α,β-unsaturated/α-hetero) is 1. The molecule has 1 aliphatic heterocycles. The van der Waals surface area contributed by atoms with E-state index >= 15 is 0 Å². The van der Waals surface area contributed by atoms with Crippen LogP contribution in [0, 0.1) is 5.82 Å². The van der Waals surface area contributed by atoms with E-state index in [-0.39, 0.29) is 23.5 Å². The number of aromatic nitrogens is 3. The fourth-order valence-electron chi connectivity index (χ4n) is 3.94. The highest BCUT2D eigenvalue weighted by Gasteiger charge is 2.39. The summed E-state index contributed by atoms with van der Waals surface area (Å²) in [4.78, 5) is 18.6. The van der Waals surface area contributed by atoms with Crippen molar-refractivity contribution in [1.82, 2.24) is 14.8 Å². The number of hydrogen-bond donors (Lipinski definition) is 2. The third-order valence-electron chi connectivity index (χ3n) is 5.05. The molecule has 1 aliphatic carbocycles. The maximum Gasteiger partial charge on any atom is 0.241 e. The number of nitrogen functional groups attached to an aromatic ring is 1. The number of allylic oxidation sites excluding steroid dienone is 2. The van der Waals surface area contributed by atoms with Gasteiger partial charge in [0.2, 0.25) is 11.9 Å². The van der Waals surface area contributed by atoms with E-state index in [1.165, 1.54) is 17.0 Å². The molecule has 0 fully saturated rings.